The number of aliphatic imine (C=N–C) groups is 1. The highest BCUT2D eigenvalue weighted by molar-refractivity contribution is 6.02. The number of hydrogen-bond acceptors (Lipinski definition) is 5. The average molecular weight is 447 g/mol. The lowest BCUT2D eigenvalue weighted by Crippen LogP contribution is -2.44. The molecular weight excluding hydrogens is 419 g/mol. The molecular formula is C23H28Cl2N4O. The van der Waals surface area contributed by atoms with Crippen molar-refractivity contribution in [1.29, 1.82) is 0 Å². The molecule has 0 saturated carbocycles. The molecule has 1 saturated heterocycles. The second-order valence-electron chi connectivity index (χ2n) is 7.85. The topological polar surface area (TPSA) is 58.0 Å². The lowest BCUT2D eigenvalue weighted by atomic mass is 10.0. The lowest BCUT2D eigenvalue weighted by Gasteiger charge is -2.36. The zero-order chi connectivity index (χ0) is 19.1. The Bertz CT molecular complexity index is 1000. The second-order valence-corrected chi connectivity index (χ2v) is 7.85. The molecule has 2 unspecified atom stereocenters. The third kappa shape index (κ3) is 4.08. The number of fused-ring (bicyclic) bond motifs is 2. The highest BCUT2D eigenvalue weighted by Crippen LogP contribution is 2.35. The maximum absolute atomic E-state index is 6.72. The number of para-hydroxylation sites is 2. The monoisotopic (exact) mass is 446 g/mol. The Morgan fingerprint density at radius 3 is 2.63 bits per heavy atom. The summed E-state index contributed by atoms with van der Waals surface area (Å²) in [7, 11) is 2.22. The zero-order valence-corrected chi connectivity index (χ0v) is 18.7. The summed E-state index contributed by atoms with van der Waals surface area (Å²) in [5, 5.41) is 1.09. The molecule has 0 amide bonds. The highest BCUT2D eigenvalue weighted by atomic mass is 35.5. The van der Waals surface area contributed by atoms with E-state index in [1.807, 2.05) is 36.4 Å². The number of nitrogens with zero attached hydrogens (tertiary/aromatic N) is 3. The smallest absolute Gasteiger partial charge is 0.174 e. The molecule has 2 aliphatic rings. The van der Waals surface area contributed by atoms with Crippen molar-refractivity contribution < 1.29 is 4.42 Å². The molecule has 160 valence electrons. The van der Waals surface area contributed by atoms with Gasteiger partial charge in [0.25, 0.3) is 0 Å². The molecule has 2 aliphatic heterocycles. The molecule has 2 atom stereocenters. The Morgan fingerprint density at radius 2 is 1.87 bits per heavy atom. The number of furan rings is 1. The van der Waals surface area contributed by atoms with Gasteiger partial charge in [-0.05, 0) is 51.1 Å². The summed E-state index contributed by atoms with van der Waals surface area (Å²) in [4.78, 5) is 9.64. The van der Waals surface area contributed by atoms with Gasteiger partial charge in [-0.25, -0.2) is 4.99 Å². The maximum Gasteiger partial charge on any atom is 0.174 e. The second kappa shape index (κ2) is 9.40. The van der Waals surface area contributed by atoms with E-state index in [0.717, 1.165) is 46.8 Å². The normalized spacial score (nSPS) is 21.0. The molecule has 0 aliphatic carbocycles. The number of hydrogen-bond donors (Lipinski definition) is 1. The van der Waals surface area contributed by atoms with Gasteiger partial charge in [0.05, 0.1) is 5.69 Å². The van der Waals surface area contributed by atoms with Gasteiger partial charge in [-0.2, -0.15) is 0 Å². The Morgan fingerprint density at radius 1 is 1.10 bits per heavy atom. The van der Waals surface area contributed by atoms with E-state index in [4.69, 9.17) is 15.1 Å². The fourth-order valence-corrected chi connectivity index (χ4v) is 4.48. The zero-order valence-electron chi connectivity index (χ0n) is 17.0. The predicted octanol–water partition coefficient (Wildman–Crippen LogP) is 5.11. The van der Waals surface area contributed by atoms with Crippen molar-refractivity contribution in [3.8, 4) is 0 Å². The van der Waals surface area contributed by atoms with E-state index in [1.54, 1.807) is 0 Å². The lowest BCUT2D eigenvalue weighted by molar-refractivity contribution is 0.244. The summed E-state index contributed by atoms with van der Waals surface area (Å²) in [6.45, 7) is 2.05. The number of halogens is 2. The molecule has 5 nitrogen and oxygen atoms in total. The fraction of sp³-hybridized carbons (Fsp3) is 0.348. The van der Waals surface area contributed by atoms with Gasteiger partial charge in [-0.15, -0.1) is 24.8 Å². The van der Waals surface area contributed by atoms with E-state index in [1.165, 1.54) is 19.4 Å². The summed E-state index contributed by atoms with van der Waals surface area (Å²) < 4.78 is 6.16. The molecule has 0 radical (unpaired) electrons. The van der Waals surface area contributed by atoms with Crippen molar-refractivity contribution in [1.82, 2.24) is 9.80 Å². The molecule has 5 rings (SSSR count). The number of nitrogens with two attached hydrogens (primary N) is 1. The van der Waals surface area contributed by atoms with E-state index < -0.39 is 0 Å². The molecule has 1 fully saturated rings. The van der Waals surface area contributed by atoms with Crippen LogP contribution in [0.3, 0.4) is 0 Å². The molecule has 0 spiro atoms. The van der Waals surface area contributed by atoms with Gasteiger partial charge in [0.2, 0.25) is 0 Å². The third-order valence-electron chi connectivity index (χ3n) is 6.11. The molecule has 30 heavy (non-hydrogen) atoms. The highest BCUT2D eigenvalue weighted by Gasteiger charge is 2.31. The summed E-state index contributed by atoms with van der Waals surface area (Å²) in [6, 6.07) is 18.9. The van der Waals surface area contributed by atoms with Crippen LogP contribution in [-0.4, -0.2) is 41.8 Å². The first-order chi connectivity index (χ1) is 13.7. The standard InChI is InChI=1S/C23H26N4O.2ClH/c1-26-13-6-8-17(26)12-14-27-22(24)18-9-3-4-10-19(18)25-23(27)21-15-16-7-2-5-11-20(16)28-21;;/h2-5,7,9-11,15,17,22H,6,8,12-14,24H2,1H3;2*1H. The van der Waals surface area contributed by atoms with E-state index in [2.05, 4.69) is 35.0 Å². The third-order valence-corrected chi connectivity index (χ3v) is 6.11. The van der Waals surface area contributed by atoms with Gasteiger partial charge in [0.1, 0.15) is 11.7 Å². The van der Waals surface area contributed by atoms with Gasteiger partial charge >= 0.3 is 0 Å². The Balaban J connectivity index is 0.00000128. The van der Waals surface area contributed by atoms with Gasteiger partial charge in [-0.1, -0.05) is 36.4 Å². The van der Waals surface area contributed by atoms with Gasteiger partial charge < -0.3 is 20.0 Å². The van der Waals surface area contributed by atoms with Crippen molar-refractivity contribution in [3.63, 3.8) is 0 Å². The van der Waals surface area contributed by atoms with E-state index >= 15 is 0 Å². The van der Waals surface area contributed by atoms with Crippen LogP contribution in [0.2, 0.25) is 0 Å². The van der Waals surface area contributed by atoms with Gasteiger partial charge in [0.15, 0.2) is 11.6 Å². The van der Waals surface area contributed by atoms with Crippen LogP contribution in [0.4, 0.5) is 5.69 Å². The van der Waals surface area contributed by atoms with Gasteiger partial charge in [0, 0.05) is 23.5 Å². The Labute approximate surface area is 189 Å². The first-order valence-corrected chi connectivity index (χ1v) is 10.1. The Kier molecular flexibility index (Phi) is 7.09. The molecule has 7 heteroatoms. The predicted molar refractivity (Wildman–Crippen MR) is 127 cm³/mol. The fourth-order valence-electron chi connectivity index (χ4n) is 4.48. The van der Waals surface area contributed by atoms with Crippen LogP contribution >= 0.6 is 24.8 Å². The van der Waals surface area contributed by atoms with Crippen molar-refractivity contribution in [3.05, 3.63) is 65.9 Å². The van der Waals surface area contributed by atoms with Crippen molar-refractivity contribution in [2.45, 2.75) is 31.5 Å². The van der Waals surface area contributed by atoms with Crippen molar-refractivity contribution in [2.24, 2.45) is 10.7 Å². The van der Waals surface area contributed by atoms with E-state index in [0.29, 0.717) is 6.04 Å². The van der Waals surface area contributed by atoms with E-state index in [-0.39, 0.29) is 31.0 Å². The molecule has 3 heterocycles. The maximum atomic E-state index is 6.72. The Hall–Kier alpha value is -2.05. The van der Waals surface area contributed by atoms with Crippen LogP contribution in [0.1, 0.15) is 36.8 Å². The van der Waals surface area contributed by atoms with Crippen LogP contribution < -0.4 is 5.73 Å². The molecule has 2 N–H and O–H groups in total. The number of rotatable bonds is 4. The summed E-state index contributed by atoms with van der Waals surface area (Å²) in [6.07, 6.45) is 3.39. The first-order valence-electron chi connectivity index (χ1n) is 10.1. The van der Waals surface area contributed by atoms with Crippen molar-refractivity contribution >= 4 is 47.3 Å². The van der Waals surface area contributed by atoms with Gasteiger partial charge in [-0.3, -0.25) is 0 Å². The van der Waals surface area contributed by atoms with Crippen molar-refractivity contribution in [2.75, 3.05) is 20.1 Å². The first kappa shape index (κ1) is 22.6. The summed E-state index contributed by atoms with van der Waals surface area (Å²) in [5.41, 5.74) is 9.60. The van der Waals surface area contributed by atoms with Crippen LogP contribution in [0, 0.1) is 0 Å². The van der Waals surface area contributed by atoms with Crippen LogP contribution in [0.15, 0.2) is 64.0 Å². The molecule has 1 aromatic heterocycles. The SMILES string of the molecule is CN1CCCC1CCN1C(c2cc3ccccc3o2)=Nc2ccccc2C1N.Cl.Cl. The minimum atomic E-state index is -0.219. The average Bonchev–Trinajstić information content (AvgIpc) is 3.33. The van der Waals surface area contributed by atoms with Crippen LogP contribution in [-0.2, 0) is 0 Å². The number of benzene rings is 2. The minimum absolute atomic E-state index is 0. The largest absolute Gasteiger partial charge is 0.453 e. The quantitative estimate of drug-likeness (QED) is 0.604. The summed E-state index contributed by atoms with van der Waals surface area (Å²) >= 11 is 0. The molecule has 3 aromatic rings. The number of likely N-dealkylation sites (tertiary alicyclic amines) is 1. The van der Waals surface area contributed by atoms with E-state index in [9.17, 15) is 0 Å². The molecule has 0 bridgehead atoms. The van der Waals surface area contributed by atoms with Crippen LogP contribution in [0.5, 0.6) is 0 Å². The molecule has 2 aromatic carbocycles. The minimum Gasteiger partial charge on any atom is -0.453 e. The van der Waals surface area contributed by atoms with Crippen LogP contribution in [0.25, 0.3) is 11.0 Å². The summed E-state index contributed by atoms with van der Waals surface area (Å²) in [5.74, 6) is 1.62. The number of amidine groups is 1.